The van der Waals surface area contributed by atoms with E-state index in [9.17, 15) is 5.26 Å². The number of fused-ring (bicyclic) bond motifs is 2. The zero-order valence-corrected chi connectivity index (χ0v) is 19.7. The number of nitriles is 1. The van der Waals surface area contributed by atoms with Crippen molar-refractivity contribution < 1.29 is 4.74 Å². The molecule has 176 valence electrons. The van der Waals surface area contributed by atoms with Crippen LogP contribution in [0.4, 0.5) is 11.4 Å². The fraction of sp³-hybridized carbons (Fsp3) is 0.143. The predicted octanol–water partition coefficient (Wildman–Crippen LogP) is 5.37. The first-order valence-electron chi connectivity index (χ1n) is 11.8. The number of hydrogen-bond donors (Lipinski definition) is 2. The Kier molecular flexibility index (Phi) is 5.52. The van der Waals surface area contributed by atoms with Crippen LogP contribution in [0.5, 0.6) is 11.5 Å². The molecule has 8 heteroatoms. The second kappa shape index (κ2) is 9.13. The first-order valence-corrected chi connectivity index (χ1v) is 11.8. The number of hydrogen-bond acceptors (Lipinski definition) is 7. The maximum absolute atomic E-state index is 9.83. The Balaban J connectivity index is 1.32. The van der Waals surface area contributed by atoms with Crippen LogP contribution in [-0.4, -0.2) is 32.7 Å². The van der Waals surface area contributed by atoms with E-state index >= 15 is 0 Å². The lowest BCUT2D eigenvalue weighted by molar-refractivity contribution is 0.478. The highest BCUT2D eigenvalue weighted by atomic mass is 16.5. The Morgan fingerprint density at radius 3 is 2.86 bits per heavy atom. The molecule has 0 aliphatic carbocycles. The van der Waals surface area contributed by atoms with E-state index in [1.54, 1.807) is 4.52 Å². The van der Waals surface area contributed by atoms with E-state index in [4.69, 9.17) is 9.72 Å². The summed E-state index contributed by atoms with van der Waals surface area (Å²) in [6.07, 6.45) is 6.44. The molecule has 1 aliphatic heterocycles. The van der Waals surface area contributed by atoms with Gasteiger partial charge in [-0.25, -0.2) is 14.5 Å². The Labute approximate surface area is 207 Å². The Bertz CT molecular complexity index is 1680. The lowest BCUT2D eigenvalue weighted by atomic mass is 10.0. The van der Waals surface area contributed by atoms with Gasteiger partial charge in [-0.1, -0.05) is 18.2 Å². The molecule has 4 heterocycles. The number of nitrogens with zero attached hydrogens (tertiary/aromatic N) is 5. The highest BCUT2D eigenvalue weighted by Crippen LogP contribution is 2.33. The highest BCUT2D eigenvalue weighted by Gasteiger charge is 2.14. The van der Waals surface area contributed by atoms with E-state index in [-0.39, 0.29) is 0 Å². The summed E-state index contributed by atoms with van der Waals surface area (Å²) >= 11 is 0. The van der Waals surface area contributed by atoms with Crippen molar-refractivity contribution in [3.63, 3.8) is 0 Å². The third-order valence-electron chi connectivity index (χ3n) is 6.30. The fourth-order valence-corrected chi connectivity index (χ4v) is 4.42. The minimum absolute atomic E-state index is 0.547. The molecule has 0 amide bonds. The number of anilines is 2. The molecular formula is C28H23N7O. The van der Waals surface area contributed by atoms with Crippen LogP contribution < -0.4 is 15.4 Å². The average Bonchev–Trinajstić information content (AvgIpc) is 3.39. The molecular weight excluding hydrogens is 450 g/mol. The van der Waals surface area contributed by atoms with Crippen LogP contribution in [0.1, 0.15) is 23.2 Å². The SMILES string of the molecule is Cc1cc(Nc2c(C#N)ccc3ccc(C4=CCNCC4)nc23)ccc1Oc1ccn2ncnc2c1. The normalized spacial score (nSPS) is 13.4. The molecule has 0 unspecified atom stereocenters. The third-order valence-corrected chi connectivity index (χ3v) is 6.30. The summed E-state index contributed by atoms with van der Waals surface area (Å²) < 4.78 is 7.79. The Hall–Kier alpha value is -4.74. The zero-order chi connectivity index (χ0) is 24.5. The minimum atomic E-state index is 0.547. The van der Waals surface area contributed by atoms with Crippen LogP contribution in [0.2, 0.25) is 0 Å². The van der Waals surface area contributed by atoms with E-state index in [0.29, 0.717) is 17.0 Å². The number of rotatable bonds is 5. The smallest absolute Gasteiger partial charge is 0.158 e. The van der Waals surface area contributed by atoms with Crippen molar-refractivity contribution in [2.75, 3.05) is 18.4 Å². The standard InChI is InChI=1S/C28H23N7O/c1-18-14-22(5-7-25(18)36-23-10-13-35-26(15-23)31-17-32-35)33-28-21(16-29)3-2-20-4-6-24(34-27(20)28)19-8-11-30-12-9-19/h2-8,10,13-15,17,30,33H,9,11-12H2,1H3. The van der Waals surface area contributed by atoms with Crippen LogP contribution >= 0.6 is 0 Å². The van der Waals surface area contributed by atoms with E-state index in [1.807, 2.05) is 55.6 Å². The van der Waals surface area contributed by atoms with Gasteiger partial charge in [0.1, 0.15) is 23.9 Å². The van der Waals surface area contributed by atoms with Crippen molar-refractivity contribution >= 4 is 33.5 Å². The number of ether oxygens (including phenoxy) is 1. The molecule has 5 aromatic rings. The van der Waals surface area contributed by atoms with Gasteiger partial charge in [0, 0.05) is 29.9 Å². The van der Waals surface area contributed by atoms with Gasteiger partial charge in [0.05, 0.1) is 22.5 Å². The van der Waals surface area contributed by atoms with E-state index in [2.05, 4.69) is 45.0 Å². The summed E-state index contributed by atoms with van der Waals surface area (Å²) in [5.74, 6) is 1.42. The molecule has 3 aromatic heterocycles. The summed E-state index contributed by atoms with van der Waals surface area (Å²) in [7, 11) is 0. The van der Waals surface area contributed by atoms with Crippen molar-refractivity contribution in [3.8, 4) is 17.6 Å². The molecule has 36 heavy (non-hydrogen) atoms. The Morgan fingerprint density at radius 1 is 1.11 bits per heavy atom. The number of benzene rings is 2. The summed E-state index contributed by atoms with van der Waals surface area (Å²) in [4.78, 5) is 9.18. The van der Waals surface area contributed by atoms with Crippen molar-refractivity contribution in [3.05, 3.63) is 90.0 Å². The summed E-state index contributed by atoms with van der Waals surface area (Å²) in [5.41, 5.74) is 6.74. The summed E-state index contributed by atoms with van der Waals surface area (Å²) in [6, 6.07) is 19.8. The van der Waals surface area contributed by atoms with Gasteiger partial charge < -0.3 is 15.4 Å². The lowest BCUT2D eigenvalue weighted by Gasteiger charge is -2.16. The molecule has 6 rings (SSSR count). The molecule has 0 radical (unpaired) electrons. The van der Waals surface area contributed by atoms with Crippen LogP contribution in [-0.2, 0) is 0 Å². The van der Waals surface area contributed by atoms with Crippen molar-refractivity contribution in [2.45, 2.75) is 13.3 Å². The molecule has 2 aromatic carbocycles. The Morgan fingerprint density at radius 2 is 2.03 bits per heavy atom. The van der Waals surface area contributed by atoms with E-state index in [0.717, 1.165) is 58.8 Å². The largest absolute Gasteiger partial charge is 0.457 e. The average molecular weight is 474 g/mol. The molecule has 0 bridgehead atoms. The van der Waals surface area contributed by atoms with Gasteiger partial charge in [0.25, 0.3) is 0 Å². The predicted molar refractivity (Wildman–Crippen MR) is 139 cm³/mol. The topological polar surface area (TPSA) is 100 Å². The first-order chi connectivity index (χ1) is 17.7. The molecule has 0 saturated heterocycles. The number of aromatic nitrogens is 4. The zero-order valence-electron chi connectivity index (χ0n) is 19.7. The van der Waals surface area contributed by atoms with Gasteiger partial charge in [-0.05, 0) is 67.4 Å². The van der Waals surface area contributed by atoms with Crippen LogP contribution in [0.3, 0.4) is 0 Å². The lowest BCUT2D eigenvalue weighted by Crippen LogP contribution is -2.20. The van der Waals surface area contributed by atoms with Gasteiger partial charge in [0.2, 0.25) is 0 Å². The van der Waals surface area contributed by atoms with Crippen LogP contribution in [0.25, 0.3) is 22.1 Å². The van der Waals surface area contributed by atoms with Crippen molar-refractivity contribution in [2.24, 2.45) is 0 Å². The van der Waals surface area contributed by atoms with E-state index < -0.39 is 0 Å². The fourth-order valence-electron chi connectivity index (χ4n) is 4.42. The van der Waals surface area contributed by atoms with Crippen molar-refractivity contribution in [1.29, 1.82) is 5.26 Å². The van der Waals surface area contributed by atoms with Gasteiger partial charge in [-0.2, -0.15) is 10.4 Å². The van der Waals surface area contributed by atoms with E-state index in [1.165, 1.54) is 11.9 Å². The summed E-state index contributed by atoms with van der Waals surface area (Å²) in [6.45, 7) is 3.78. The molecule has 1 aliphatic rings. The van der Waals surface area contributed by atoms with Gasteiger partial charge in [-0.3, -0.25) is 0 Å². The molecule has 0 spiro atoms. The molecule has 0 atom stereocenters. The van der Waals surface area contributed by atoms with Gasteiger partial charge in [-0.15, -0.1) is 0 Å². The maximum Gasteiger partial charge on any atom is 0.158 e. The quantitative estimate of drug-likeness (QED) is 0.354. The first kappa shape index (κ1) is 21.8. The minimum Gasteiger partial charge on any atom is -0.457 e. The molecule has 2 N–H and O–H groups in total. The summed E-state index contributed by atoms with van der Waals surface area (Å²) in [5, 5.41) is 21.7. The van der Waals surface area contributed by atoms with Gasteiger partial charge in [0.15, 0.2) is 5.65 Å². The maximum atomic E-state index is 9.83. The molecule has 0 fully saturated rings. The number of pyridine rings is 2. The molecule has 0 saturated carbocycles. The molecule has 8 nitrogen and oxygen atoms in total. The highest BCUT2D eigenvalue weighted by molar-refractivity contribution is 5.96. The monoisotopic (exact) mass is 473 g/mol. The van der Waals surface area contributed by atoms with Gasteiger partial charge >= 0.3 is 0 Å². The third kappa shape index (κ3) is 4.13. The van der Waals surface area contributed by atoms with Crippen molar-refractivity contribution in [1.82, 2.24) is 24.9 Å². The second-order valence-corrected chi connectivity index (χ2v) is 8.68. The number of aryl methyl sites for hydroxylation is 1. The van der Waals surface area contributed by atoms with Crippen LogP contribution in [0, 0.1) is 18.3 Å². The second-order valence-electron chi connectivity index (χ2n) is 8.68. The number of nitrogens with one attached hydrogen (secondary N) is 2. The van der Waals surface area contributed by atoms with Crippen LogP contribution in [0.15, 0.2) is 73.2 Å².